The van der Waals surface area contributed by atoms with Crippen LogP contribution in [0.4, 0.5) is 0 Å². The van der Waals surface area contributed by atoms with Crippen LogP contribution in [0.5, 0.6) is 5.75 Å². The van der Waals surface area contributed by atoms with Gasteiger partial charge >= 0.3 is 5.97 Å². The summed E-state index contributed by atoms with van der Waals surface area (Å²) in [6.07, 6.45) is 0.312. The van der Waals surface area contributed by atoms with Gasteiger partial charge in [0.25, 0.3) is 5.97 Å². The Hall–Kier alpha value is -2.08. The van der Waals surface area contributed by atoms with Gasteiger partial charge in [0.05, 0.1) is 7.11 Å². The van der Waals surface area contributed by atoms with Gasteiger partial charge in [-0.05, 0) is 24.1 Å². The van der Waals surface area contributed by atoms with Gasteiger partial charge in [-0.1, -0.05) is 12.1 Å². The topological polar surface area (TPSA) is 110 Å². The first-order valence-corrected chi connectivity index (χ1v) is 5.17. The lowest BCUT2D eigenvalue weighted by Gasteiger charge is -2.07. The summed E-state index contributed by atoms with van der Waals surface area (Å²) in [6, 6.07) is 6.36. The van der Waals surface area contributed by atoms with E-state index in [1.807, 2.05) is 12.1 Å². The summed E-state index contributed by atoms with van der Waals surface area (Å²) in [5.41, 5.74) is 6.26. The van der Waals surface area contributed by atoms with E-state index in [9.17, 15) is 4.79 Å². The highest BCUT2D eigenvalue weighted by Crippen LogP contribution is 2.13. The Morgan fingerprint density at radius 1 is 1.39 bits per heavy atom. The Balaban J connectivity index is 0.000000631. The first-order chi connectivity index (χ1) is 8.36. The van der Waals surface area contributed by atoms with Gasteiger partial charge in [-0.25, -0.2) is 0 Å². The Bertz CT molecular complexity index is 401. The van der Waals surface area contributed by atoms with Crippen LogP contribution in [0.3, 0.4) is 0 Å². The molecule has 6 nitrogen and oxygen atoms in total. The second-order valence-electron chi connectivity index (χ2n) is 3.52. The van der Waals surface area contributed by atoms with E-state index in [1.165, 1.54) is 0 Å². The SMILES string of the molecule is CC(=O)O.COc1cccc(CC(N)C(=O)O)c1. The number of benzene rings is 1. The summed E-state index contributed by atoms with van der Waals surface area (Å²) in [6.45, 7) is 1.08. The molecule has 0 spiro atoms. The van der Waals surface area contributed by atoms with Crippen LogP contribution in [0.15, 0.2) is 24.3 Å². The van der Waals surface area contributed by atoms with Crippen LogP contribution >= 0.6 is 0 Å². The number of nitrogens with two attached hydrogens (primary N) is 1. The highest BCUT2D eigenvalue weighted by molar-refractivity contribution is 5.73. The van der Waals surface area contributed by atoms with Gasteiger partial charge in [0, 0.05) is 6.92 Å². The van der Waals surface area contributed by atoms with Crippen LogP contribution in [0.1, 0.15) is 12.5 Å². The van der Waals surface area contributed by atoms with E-state index >= 15 is 0 Å². The zero-order valence-corrected chi connectivity index (χ0v) is 10.3. The maximum atomic E-state index is 10.5. The number of ether oxygens (including phenoxy) is 1. The Kier molecular flexibility index (Phi) is 7.14. The summed E-state index contributed by atoms with van der Waals surface area (Å²) in [5, 5.41) is 16.0. The zero-order valence-electron chi connectivity index (χ0n) is 10.3. The van der Waals surface area contributed by atoms with Gasteiger partial charge in [0.15, 0.2) is 0 Å². The minimum atomic E-state index is -0.993. The van der Waals surface area contributed by atoms with E-state index < -0.39 is 18.0 Å². The Labute approximate surface area is 105 Å². The van der Waals surface area contributed by atoms with Gasteiger partial charge in [-0.15, -0.1) is 0 Å². The van der Waals surface area contributed by atoms with Crippen LogP contribution in [-0.2, 0) is 16.0 Å². The standard InChI is InChI=1S/C10H13NO3.C2H4O2/c1-14-8-4-2-3-7(5-8)6-9(11)10(12)13;1-2(3)4/h2-5,9H,6,11H2,1H3,(H,12,13);1H3,(H,3,4). The second kappa shape index (κ2) is 8.08. The van der Waals surface area contributed by atoms with E-state index in [1.54, 1.807) is 19.2 Å². The molecule has 0 aromatic heterocycles. The van der Waals surface area contributed by atoms with Crippen molar-refractivity contribution < 1.29 is 24.5 Å². The molecule has 0 aliphatic rings. The molecule has 1 atom stereocenters. The van der Waals surface area contributed by atoms with Crippen LogP contribution in [0.2, 0.25) is 0 Å². The summed E-state index contributed by atoms with van der Waals surface area (Å²) in [5.74, 6) is -1.12. The highest BCUT2D eigenvalue weighted by atomic mass is 16.5. The Morgan fingerprint density at radius 3 is 2.39 bits per heavy atom. The van der Waals surface area contributed by atoms with E-state index in [0.717, 1.165) is 12.5 Å². The Morgan fingerprint density at radius 2 is 1.94 bits per heavy atom. The van der Waals surface area contributed by atoms with E-state index in [2.05, 4.69) is 0 Å². The third-order valence-electron chi connectivity index (χ3n) is 1.91. The van der Waals surface area contributed by atoms with Crippen LogP contribution in [-0.4, -0.2) is 35.3 Å². The number of carbonyl (C=O) groups is 2. The van der Waals surface area contributed by atoms with Crippen LogP contribution in [0, 0.1) is 0 Å². The fraction of sp³-hybridized carbons (Fsp3) is 0.333. The van der Waals surface area contributed by atoms with Crippen molar-refractivity contribution in [2.24, 2.45) is 5.73 Å². The quantitative estimate of drug-likeness (QED) is 0.732. The van der Waals surface area contributed by atoms with Gasteiger partial charge in [-0.3, -0.25) is 9.59 Å². The fourth-order valence-corrected chi connectivity index (χ4v) is 1.14. The number of carboxylic acid groups (broad SMARTS) is 2. The third kappa shape index (κ3) is 7.24. The van der Waals surface area contributed by atoms with Crippen molar-refractivity contribution in [1.29, 1.82) is 0 Å². The lowest BCUT2D eigenvalue weighted by Crippen LogP contribution is -2.32. The van der Waals surface area contributed by atoms with Gasteiger partial charge in [-0.2, -0.15) is 0 Å². The highest BCUT2D eigenvalue weighted by Gasteiger charge is 2.11. The van der Waals surface area contributed by atoms with Gasteiger partial charge in [0.1, 0.15) is 11.8 Å². The molecule has 1 rings (SSSR count). The number of hydrogen-bond donors (Lipinski definition) is 3. The van der Waals surface area contributed by atoms with Crippen molar-refractivity contribution in [1.82, 2.24) is 0 Å². The molecule has 1 unspecified atom stereocenters. The molecule has 100 valence electrons. The van der Waals surface area contributed by atoms with E-state index in [0.29, 0.717) is 12.2 Å². The van der Waals surface area contributed by atoms with Crippen molar-refractivity contribution in [2.45, 2.75) is 19.4 Å². The lowest BCUT2D eigenvalue weighted by atomic mass is 10.1. The summed E-state index contributed by atoms with van der Waals surface area (Å²) >= 11 is 0. The van der Waals surface area contributed by atoms with Crippen molar-refractivity contribution in [3.63, 3.8) is 0 Å². The average molecular weight is 255 g/mol. The number of hydrogen-bond acceptors (Lipinski definition) is 4. The number of aliphatic carboxylic acids is 2. The molecule has 0 aliphatic heterocycles. The first-order valence-electron chi connectivity index (χ1n) is 5.17. The molecule has 1 aromatic rings. The van der Waals surface area contributed by atoms with E-state index in [-0.39, 0.29) is 0 Å². The van der Waals surface area contributed by atoms with Crippen molar-refractivity contribution in [3.05, 3.63) is 29.8 Å². The molecule has 0 saturated carbocycles. The fourth-order valence-electron chi connectivity index (χ4n) is 1.14. The van der Waals surface area contributed by atoms with Crippen LogP contribution in [0.25, 0.3) is 0 Å². The minimum Gasteiger partial charge on any atom is -0.497 e. The number of carboxylic acids is 2. The van der Waals surface area contributed by atoms with Crippen LogP contribution < -0.4 is 10.5 Å². The molecule has 0 bridgehead atoms. The summed E-state index contributed by atoms with van der Waals surface area (Å²) in [4.78, 5) is 19.5. The van der Waals surface area contributed by atoms with E-state index in [4.69, 9.17) is 25.5 Å². The molecule has 0 heterocycles. The largest absolute Gasteiger partial charge is 0.497 e. The molecule has 18 heavy (non-hydrogen) atoms. The normalized spacial score (nSPS) is 10.8. The molecular weight excluding hydrogens is 238 g/mol. The smallest absolute Gasteiger partial charge is 0.320 e. The molecule has 6 heteroatoms. The molecule has 0 amide bonds. The number of rotatable bonds is 4. The summed E-state index contributed by atoms with van der Waals surface area (Å²) in [7, 11) is 1.57. The van der Waals surface area contributed by atoms with Gasteiger partial charge < -0.3 is 20.7 Å². The monoisotopic (exact) mass is 255 g/mol. The molecule has 4 N–H and O–H groups in total. The molecule has 0 radical (unpaired) electrons. The maximum Gasteiger partial charge on any atom is 0.320 e. The minimum absolute atomic E-state index is 0.312. The van der Waals surface area contributed by atoms with Crippen molar-refractivity contribution in [2.75, 3.05) is 7.11 Å². The third-order valence-corrected chi connectivity index (χ3v) is 1.91. The molecular formula is C12H17NO5. The molecule has 0 saturated heterocycles. The summed E-state index contributed by atoms with van der Waals surface area (Å²) < 4.78 is 5.01. The van der Waals surface area contributed by atoms with Gasteiger partial charge in [0.2, 0.25) is 0 Å². The first kappa shape index (κ1) is 15.9. The predicted octanol–water partition coefficient (Wildman–Crippen LogP) is 0.740. The predicted molar refractivity (Wildman–Crippen MR) is 65.6 cm³/mol. The molecule has 0 aliphatic carbocycles. The average Bonchev–Trinajstić information content (AvgIpc) is 2.28. The zero-order chi connectivity index (χ0) is 14.1. The van der Waals surface area contributed by atoms with Crippen molar-refractivity contribution >= 4 is 11.9 Å². The molecule has 0 fully saturated rings. The number of methoxy groups -OCH3 is 1. The molecule has 1 aromatic carbocycles. The maximum absolute atomic E-state index is 10.5. The van der Waals surface area contributed by atoms with Crippen molar-refractivity contribution in [3.8, 4) is 5.75 Å². The lowest BCUT2D eigenvalue weighted by molar-refractivity contribution is -0.138. The second-order valence-corrected chi connectivity index (χ2v) is 3.52.